The topological polar surface area (TPSA) is 66.8 Å². The van der Waals surface area contributed by atoms with Crippen LogP contribution in [0.15, 0.2) is 30.7 Å². The summed E-state index contributed by atoms with van der Waals surface area (Å²) < 4.78 is 0. The van der Waals surface area contributed by atoms with Gasteiger partial charge in [0.15, 0.2) is 0 Å². The van der Waals surface area contributed by atoms with E-state index in [1.807, 2.05) is 19.3 Å². The lowest BCUT2D eigenvalue weighted by molar-refractivity contribution is 0.458. The van der Waals surface area contributed by atoms with Gasteiger partial charge in [0.25, 0.3) is 0 Å². The maximum absolute atomic E-state index is 6.53. The van der Waals surface area contributed by atoms with Gasteiger partial charge in [-0.3, -0.25) is 4.98 Å². The van der Waals surface area contributed by atoms with Crippen LogP contribution in [0, 0.1) is 13.8 Å². The standard InChI is InChI=1S/C24H27ClN6/c1-14-7-15(2)21(27-9-14)18-8-20(26-11-19(18)25)31-12-16-10-28-23(29-17-5-6-17)30-22(16)24(3,4)13-31/h7-11,17H,5-6,12-13H2,1-4H3,(H,28,29,30). The van der Waals surface area contributed by atoms with E-state index in [1.54, 1.807) is 6.20 Å². The highest BCUT2D eigenvalue weighted by molar-refractivity contribution is 6.33. The summed E-state index contributed by atoms with van der Waals surface area (Å²) >= 11 is 6.53. The second-order valence-corrected chi connectivity index (χ2v) is 9.83. The van der Waals surface area contributed by atoms with Crippen LogP contribution in [-0.2, 0) is 12.0 Å². The first-order valence-corrected chi connectivity index (χ1v) is 11.1. The summed E-state index contributed by atoms with van der Waals surface area (Å²) in [6.45, 7) is 10.1. The molecule has 3 aromatic heterocycles. The van der Waals surface area contributed by atoms with E-state index in [-0.39, 0.29) is 5.41 Å². The third kappa shape index (κ3) is 3.97. The molecule has 0 unspecified atom stereocenters. The van der Waals surface area contributed by atoms with Crippen molar-refractivity contribution >= 4 is 23.4 Å². The molecule has 0 atom stereocenters. The summed E-state index contributed by atoms with van der Waals surface area (Å²) in [5, 5.41) is 4.03. The number of aromatic nitrogens is 4. The molecule has 0 saturated heterocycles. The van der Waals surface area contributed by atoms with Crippen molar-refractivity contribution in [3.63, 3.8) is 0 Å². The summed E-state index contributed by atoms with van der Waals surface area (Å²) in [4.78, 5) is 21.0. The normalized spacial score (nSPS) is 17.4. The van der Waals surface area contributed by atoms with Gasteiger partial charge in [-0.15, -0.1) is 0 Å². The number of hydrogen-bond donors (Lipinski definition) is 1. The predicted octanol–water partition coefficient (Wildman–Crippen LogP) is 5.08. The summed E-state index contributed by atoms with van der Waals surface area (Å²) in [6.07, 6.45) is 7.98. The van der Waals surface area contributed by atoms with Crippen molar-refractivity contribution in [1.29, 1.82) is 0 Å². The van der Waals surface area contributed by atoms with Crippen LogP contribution >= 0.6 is 11.6 Å². The highest BCUT2D eigenvalue weighted by Crippen LogP contribution is 2.37. The Kier molecular flexibility index (Phi) is 4.85. The highest BCUT2D eigenvalue weighted by atomic mass is 35.5. The van der Waals surface area contributed by atoms with Crippen LogP contribution in [0.4, 0.5) is 11.8 Å². The van der Waals surface area contributed by atoms with Crippen LogP contribution in [0.5, 0.6) is 0 Å². The van der Waals surface area contributed by atoms with Gasteiger partial charge in [-0.2, -0.15) is 0 Å². The van der Waals surface area contributed by atoms with Crippen LogP contribution in [0.2, 0.25) is 5.02 Å². The minimum absolute atomic E-state index is 0.129. The quantitative estimate of drug-likeness (QED) is 0.617. The highest BCUT2D eigenvalue weighted by Gasteiger charge is 2.35. The van der Waals surface area contributed by atoms with E-state index >= 15 is 0 Å². The van der Waals surface area contributed by atoms with Crippen LogP contribution in [-0.4, -0.2) is 32.5 Å². The number of rotatable bonds is 4. The first kappa shape index (κ1) is 20.2. The molecule has 3 aromatic rings. The molecule has 1 saturated carbocycles. The largest absolute Gasteiger partial charge is 0.351 e. The third-order valence-corrected chi connectivity index (χ3v) is 6.30. The molecule has 4 heterocycles. The second-order valence-electron chi connectivity index (χ2n) is 9.43. The third-order valence-electron chi connectivity index (χ3n) is 6.00. The molecule has 0 radical (unpaired) electrons. The minimum Gasteiger partial charge on any atom is -0.351 e. The molecular weight excluding hydrogens is 408 g/mol. The van der Waals surface area contributed by atoms with Crippen LogP contribution in [0.1, 0.15) is 49.1 Å². The molecule has 0 spiro atoms. The zero-order chi connectivity index (χ0) is 21.8. The zero-order valence-corrected chi connectivity index (χ0v) is 19.2. The van der Waals surface area contributed by atoms with Crippen molar-refractivity contribution in [2.75, 3.05) is 16.8 Å². The summed E-state index contributed by atoms with van der Waals surface area (Å²) in [5.74, 6) is 1.63. The van der Waals surface area contributed by atoms with E-state index in [4.69, 9.17) is 16.6 Å². The molecule has 5 rings (SSSR count). The fraction of sp³-hybridized carbons (Fsp3) is 0.417. The van der Waals surface area contributed by atoms with Gasteiger partial charge in [-0.05, 0) is 43.9 Å². The molecule has 0 amide bonds. The smallest absolute Gasteiger partial charge is 0.223 e. The Bertz CT molecular complexity index is 1150. The van der Waals surface area contributed by atoms with Crippen LogP contribution in [0.25, 0.3) is 11.3 Å². The van der Waals surface area contributed by atoms with Crippen molar-refractivity contribution in [2.45, 2.75) is 58.5 Å². The molecular formula is C24H27ClN6. The number of aryl methyl sites for hydroxylation is 2. The first-order chi connectivity index (χ1) is 14.8. The van der Waals surface area contributed by atoms with E-state index in [9.17, 15) is 0 Å². The number of halogens is 1. The molecule has 6 nitrogen and oxygen atoms in total. The number of pyridine rings is 2. The van der Waals surface area contributed by atoms with E-state index < -0.39 is 0 Å². The lowest BCUT2D eigenvalue weighted by Gasteiger charge is -2.39. The first-order valence-electron chi connectivity index (χ1n) is 10.8. The van der Waals surface area contributed by atoms with Crippen LogP contribution < -0.4 is 10.2 Å². The van der Waals surface area contributed by atoms with E-state index in [0.717, 1.165) is 58.5 Å². The number of anilines is 2. The maximum Gasteiger partial charge on any atom is 0.223 e. The Morgan fingerprint density at radius 1 is 1.06 bits per heavy atom. The molecule has 0 bridgehead atoms. The van der Waals surface area contributed by atoms with Gasteiger partial charge in [0.05, 0.1) is 16.4 Å². The van der Waals surface area contributed by atoms with Gasteiger partial charge in [0.1, 0.15) is 5.82 Å². The molecule has 0 aromatic carbocycles. The maximum atomic E-state index is 6.53. The van der Waals surface area contributed by atoms with Gasteiger partial charge < -0.3 is 10.2 Å². The zero-order valence-electron chi connectivity index (χ0n) is 18.4. The van der Waals surface area contributed by atoms with Crippen molar-refractivity contribution < 1.29 is 0 Å². The number of fused-ring (bicyclic) bond motifs is 1. The number of hydrogen-bond acceptors (Lipinski definition) is 6. The lowest BCUT2D eigenvalue weighted by atomic mass is 9.82. The fourth-order valence-corrected chi connectivity index (χ4v) is 4.54. The summed E-state index contributed by atoms with van der Waals surface area (Å²) in [6, 6.07) is 4.72. The van der Waals surface area contributed by atoms with E-state index in [1.165, 1.54) is 12.8 Å². The van der Waals surface area contributed by atoms with Gasteiger partial charge in [0, 0.05) is 54.3 Å². The Morgan fingerprint density at radius 2 is 1.87 bits per heavy atom. The molecule has 7 heteroatoms. The Hall–Kier alpha value is -2.73. The van der Waals surface area contributed by atoms with Gasteiger partial charge in [-0.25, -0.2) is 15.0 Å². The summed E-state index contributed by atoms with van der Waals surface area (Å²) in [5.41, 5.74) is 6.18. The average Bonchev–Trinajstić information content (AvgIpc) is 3.53. The van der Waals surface area contributed by atoms with E-state index in [0.29, 0.717) is 11.1 Å². The molecule has 2 aliphatic rings. The van der Waals surface area contributed by atoms with Gasteiger partial charge in [-0.1, -0.05) is 31.5 Å². The van der Waals surface area contributed by atoms with Crippen molar-refractivity contribution in [3.05, 3.63) is 58.1 Å². The molecule has 31 heavy (non-hydrogen) atoms. The van der Waals surface area contributed by atoms with Crippen LogP contribution in [0.3, 0.4) is 0 Å². The Morgan fingerprint density at radius 3 is 2.61 bits per heavy atom. The monoisotopic (exact) mass is 434 g/mol. The molecule has 1 aliphatic carbocycles. The van der Waals surface area contributed by atoms with E-state index in [2.05, 4.69) is 58.1 Å². The second kappa shape index (κ2) is 7.45. The summed E-state index contributed by atoms with van der Waals surface area (Å²) in [7, 11) is 0. The van der Waals surface area contributed by atoms with Crippen molar-refractivity contribution in [3.8, 4) is 11.3 Å². The minimum atomic E-state index is -0.129. The number of nitrogens with zero attached hydrogens (tertiary/aromatic N) is 5. The van der Waals surface area contributed by atoms with Crippen molar-refractivity contribution in [2.24, 2.45) is 0 Å². The Balaban J connectivity index is 1.48. The molecule has 1 N–H and O–H groups in total. The Labute approximate surface area is 188 Å². The average molecular weight is 435 g/mol. The SMILES string of the molecule is Cc1cnc(-c2cc(N3Cc4cnc(NC5CC5)nc4C(C)(C)C3)ncc2Cl)c(C)c1. The lowest BCUT2D eigenvalue weighted by Crippen LogP contribution is -2.43. The predicted molar refractivity (Wildman–Crippen MR) is 125 cm³/mol. The number of nitrogens with one attached hydrogen (secondary N) is 1. The molecule has 1 fully saturated rings. The van der Waals surface area contributed by atoms with Gasteiger partial charge in [0.2, 0.25) is 5.95 Å². The fourth-order valence-electron chi connectivity index (χ4n) is 4.34. The van der Waals surface area contributed by atoms with Gasteiger partial charge >= 0.3 is 0 Å². The molecule has 1 aliphatic heterocycles. The van der Waals surface area contributed by atoms with Crippen molar-refractivity contribution in [1.82, 2.24) is 19.9 Å². The molecule has 160 valence electrons.